The molecule has 0 atom stereocenters. The monoisotopic (exact) mass is 412 g/mol. The van der Waals surface area contributed by atoms with Gasteiger partial charge in [0.25, 0.3) is 0 Å². The van der Waals surface area contributed by atoms with Crippen molar-refractivity contribution in [1.29, 1.82) is 0 Å². The van der Waals surface area contributed by atoms with E-state index in [4.69, 9.17) is 14.5 Å². The Labute approximate surface area is 183 Å². The summed E-state index contributed by atoms with van der Waals surface area (Å²) in [4.78, 5) is 4.89. The van der Waals surface area contributed by atoms with Gasteiger partial charge in [-0.2, -0.15) is 0 Å². The molecule has 0 fully saturated rings. The van der Waals surface area contributed by atoms with Crippen molar-refractivity contribution in [2.45, 2.75) is 25.8 Å². The highest BCUT2D eigenvalue weighted by Crippen LogP contribution is 2.28. The van der Waals surface area contributed by atoms with Gasteiger partial charge in [-0.05, 0) is 48.2 Å². The minimum absolute atomic E-state index is 0.538. The smallest absolute Gasteiger partial charge is 0.161 e. The van der Waals surface area contributed by atoms with Gasteiger partial charge >= 0.3 is 0 Å². The molecule has 4 heteroatoms. The average molecular weight is 413 g/mol. The molecule has 4 aromatic rings. The molecule has 0 aliphatic heterocycles. The number of imidazole rings is 1. The van der Waals surface area contributed by atoms with Gasteiger partial charge in [0.05, 0.1) is 24.7 Å². The van der Waals surface area contributed by atoms with Crippen LogP contribution in [0.4, 0.5) is 0 Å². The number of benzene rings is 3. The molecular formula is C27H28N2O2. The Hall–Kier alpha value is -3.53. The van der Waals surface area contributed by atoms with E-state index in [1.807, 2.05) is 30.3 Å². The van der Waals surface area contributed by atoms with Gasteiger partial charge in [0, 0.05) is 6.42 Å². The fourth-order valence-corrected chi connectivity index (χ4v) is 3.84. The molecule has 0 unspecified atom stereocenters. The summed E-state index contributed by atoms with van der Waals surface area (Å²) in [5.74, 6) is 2.59. The first-order valence-electron chi connectivity index (χ1n) is 10.7. The van der Waals surface area contributed by atoms with Gasteiger partial charge in [-0.1, -0.05) is 54.6 Å². The number of rotatable bonds is 10. The quantitative estimate of drug-likeness (QED) is 0.316. The zero-order valence-electron chi connectivity index (χ0n) is 18.0. The lowest BCUT2D eigenvalue weighted by molar-refractivity contribution is 0.279. The van der Waals surface area contributed by atoms with Crippen LogP contribution >= 0.6 is 0 Å². The number of hydrogen-bond donors (Lipinski definition) is 0. The van der Waals surface area contributed by atoms with E-state index in [1.165, 1.54) is 5.56 Å². The minimum Gasteiger partial charge on any atom is -0.493 e. The van der Waals surface area contributed by atoms with Crippen LogP contribution < -0.4 is 9.47 Å². The molecule has 3 aromatic carbocycles. The number of methoxy groups -OCH3 is 1. The zero-order valence-corrected chi connectivity index (χ0v) is 18.0. The predicted molar refractivity (Wildman–Crippen MR) is 126 cm³/mol. The van der Waals surface area contributed by atoms with Crippen molar-refractivity contribution < 1.29 is 9.47 Å². The molecule has 0 saturated heterocycles. The van der Waals surface area contributed by atoms with Crippen LogP contribution in [0, 0.1) is 0 Å². The van der Waals surface area contributed by atoms with Crippen LogP contribution in [0.5, 0.6) is 11.5 Å². The highest BCUT2D eigenvalue weighted by atomic mass is 16.5. The van der Waals surface area contributed by atoms with E-state index < -0.39 is 0 Å². The highest BCUT2D eigenvalue weighted by Gasteiger charge is 2.12. The summed E-state index contributed by atoms with van der Waals surface area (Å²) in [6, 6.07) is 24.9. The third-order valence-corrected chi connectivity index (χ3v) is 5.39. The van der Waals surface area contributed by atoms with Crippen LogP contribution in [-0.4, -0.2) is 23.3 Å². The van der Waals surface area contributed by atoms with Gasteiger partial charge < -0.3 is 14.0 Å². The Balaban J connectivity index is 1.49. The topological polar surface area (TPSA) is 36.3 Å². The first kappa shape index (κ1) is 20.7. The zero-order chi connectivity index (χ0) is 21.5. The molecule has 0 aliphatic carbocycles. The van der Waals surface area contributed by atoms with Crippen LogP contribution in [0.25, 0.3) is 11.0 Å². The van der Waals surface area contributed by atoms with Crippen molar-refractivity contribution in [2.24, 2.45) is 0 Å². The molecule has 31 heavy (non-hydrogen) atoms. The molecule has 0 saturated carbocycles. The molecule has 1 heterocycles. The third kappa shape index (κ3) is 4.97. The normalized spacial score (nSPS) is 10.9. The molecule has 4 nitrogen and oxygen atoms in total. The van der Waals surface area contributed by atoms with Crippen molar-refractivity contribution in [3.8, 4) is 11.5 Å². The van der Waals surface area contributed by atoms with Crippen LogP contribution in [0.1, 0.15) is 17.0 Å². The van der Waals surface area contributed by atoms with E-state index in [2.05, 4.69) is 59.7 Å². The van der Waals surface area contributed by atoms with Gasteiger partial charge in [0.1, 0.15) is 12.4 Å². The van der Waals surface area contributed by atoms with Gasteiger partial charge in [-0.25, -0.2) is 4.98 Å². The standard InChI is InChI=1S/C27H28N2O2/c1-3-9-22-14-16-25(26(20-22)30-2)31-19-18-29-24-13-8-7-12-23(24)28-27(29)17-15-21-10-5-4-6-11-21/h3-8,10-14,16,20H,1,9,15,17-19H2,2H3. The summed E-state index contributed by atoms with van der Waals surface area (Å²) in [6.45, 7) is 5.06. The molecule has 0 bridgehead atoms. The lowest BCUT2D eigenvalue weighted by atomic mass is 10.1. The SMILES string of the molecule is C=CCc1ccc(OCCn2c(CCc3ccccc3)nc3ccccc32)c(OC)c1. The Morgan fingerprint density at radius 2 is 1.71 bits per heavy atom. The van der Waals surface area contributed by atoms with Crippen LogP contribution in [-0.2, 0) is 25.8 Å². The molecule has 0 N–H and O–H groups in total. The minimum atomic E-state index is 0.538. The number of aromatic nitrogens is 2. The molecule has 4 rings (SSSR count). The second-order valence-electron chi connectivity index (χ2n) is 7.48. The Morgan fingerprint density at radius 1 is 0.903 bits per heavy atom. The number of para-hydroxylation sites is 2. The molecule has 1 aromatic heterocycles. The summed E-state index contributed by atoms with van der Waals surface area (Å²) in [6.07, 6.45) is 4.54. The van der Waals surface area contributed by atoms with Crippen LogP contribution in [0.3, 0.4) is 0 Å². The number of aryl methyl sites for hydroxylation is 2. The van der Waals surface area contributed by atoms with Crippen LogP contribution in [0.15, 0.2) is 85.5 Å². The first-order chi connectivity index (χ1) is 15.3. The summed E-state index contributed by atoms with van der Waals surface area (Å²) < 4.78 is 13.9. The van der Waals surface area contributed by atoms with Crippen molar-refractivity contribution in [2.75, 3.05) is 13.7 Å². The number of allylic oxidation sites excluding steroid dienone is 1. The van der Waals surface area contributed by atoms with E-state index in [0.717, 1.165) is 59.7 Å². The number of ether oxygens (including phenoxy) is 2. The van der Waals surface area contributed by atoms with Crippen molar-refractivity contribution >= 4 is 11.0 Å². The predicted octanol–water partition coefficient (Wildman–Crippen LogP) is 5.64. The van der Waals surface area contributed by atoms with Crippen molar-refractivity contribution in [3.05, 3.63) is 102 Å². The van der Waals surface area contributed by atoms with Crippen molar-refractivity contribution in [3.63, 3.8) is 0 Å². The Morgan fingerprint density at radius 3 is 2.52 bits per heavy atom. The lowest BCUT2D eigenvalue weighted by Gasteiger charge is -2.14. The maximum Gasteiger partial charge on any atom is 0.161 e. The second-order valence-corrected chi connectivity index (χ2v) is 7.48. The van der Waals surface area contributed by atoms with Gasteiger partial charge in [-0.15, -0.1) is 6.58 Å². The average Bonchev–Trinajstić information content (AvgIpc) is 3.17. The Bertz CT molecular complexity index is 1150. The Kier molecular flexibility index (Phi) is 6.68. The van der Waals surface area contributed by atoms with E-state index in [-0.39, 0.29) is 0 Å². The van der Waals surface area contributed by atoms with Gasteiger partial charge in [-0.3, -0.25) is 0 Å². The lowest BCUT2D eigenvalue weighted by Crippen LogP contribution is -2.12. The molecular weight excluding hydrogens is 384 g/mol. The maximum atomic E-state index is 6.10. The molecule has 0 amide bonds. The number of fused-ring (bicyclic) bond motifs is 1. The summed E-state index contributed by atoms with van der Waals surface area (Å²) in [5, 5.41) is 0. The van der Waals surface area contributed by atoms with Gasteiger partial charge in [0.15, 0.2) is 11.5 Å². The second kappa shape index (κ2) is 9.98. The summed E-state index contributed by atoms with van der Waals surface area (Å²) in [7, 11) is 1.67. The highest BCUT2D eigenvalue weighted by molar-refractivity contribution is 5.75. The molecule has 158 valence electrons. The van der Waals surface area contributed by atoms with Crippen molar-refractivity contribution in [1.82, 2.24) is 9.55 Å². The van der Waals surface area contributed by atoms with Gasteiger partial charge in [0.2, 0.25) is 0 Å². The first-order valence-corrected chi connectivity index (χ1v) is 10.7. The van der Waals surface area contributed by atoms with E-state index in [9.17, 15) is 0 Å². The number of hydrogen-bond acceptors (Lipinski definition) is 3. The van der Waals surface area contributed by atoms with E-state index >= 15 is 0 Å². The largest absolute Gasteiger partial charge is 0.493 e. The van der Waals surface area contributed by atoms with E-state index in [1.54, 1.807) is 7.11 Å². The molecule has 0 radical (unpaired) electrons. The molecule has 0 spiro atoms. The fourth-order valence-electron chi connectivity index (χ4n) is 3.84. The fraction of sp³-hybridized carbons (Fsp3) is 0.222. The third-order valence-electron chi connectivity index (χ3n) is 5.39. The maximum absolute atomic E-state index is 6.10. The number of nitrogens with zero attached hydrogens (tertiary/aromatic N) is 2. The molecule has 0 aliphatic rings. The summed E-state index contributed by atoms with van der Waals surface area (Å²) in [5.41, 5.74) is 4.64. The van der Waals surface area contributed by atoms with E-state index in [0.29, 0.717) is 6.61 Å². The van der Waals surface area contributed by atoms with Crippen LogP contribution in [0.2, 0.25) is 0 Å². The summed E-state index contributed by atoms with van der Waals surface area (Å²) >= 11 is 0.